The standard InChI is InChI=1S/C62H125N2O8P/c1-6-8-10-12-14-16-18-20-24-29-33-37-41-45-49-53-61(65)69-57-60(71-62(66)54-50-46-42-38-34-30-25-21-19-17-15-13-11-9-7-2)58-70-73(67,68)72-59(56-64(3,4)5)52-48-44-40-36-32-28-26-22-23-27-31-35-39-43-47-51-55-63/h59-60H,6-58,63H2,1-5H3/p+1/t59?,60-/m1/s1. The summed E-state index contributed by atoms with van der Waals surface area (Å²) in [6, 6.07) is 0. The van der Waals surface area contributed by atoms with E-state index in [1.54, 1.807) is 0 Å². The van der Waals surface area contributed by atoms with Gasteiger partial charge in [-0.25, -0.2) is 4.57 Å². The summed E-state index contributed by atoms with van der Waals surface area (Å²) in [4.78, 5) is 36.9. The number of nitrogens with two attached hydrogens (primary N) is 1. The number of hydrogen-bond donors (Lipinski definition) is 2. The molecule has 0 aromatic heterocycles. The Balaban J connectivity index is 4.81. The van der Waals surface area contributed by atoms with E-state index < -0.39 is 32.6 Å². The maximum Gasteiger partial charge on any atom is 0.472 e. The van der Waals surface area contributed by atoms with E-state index in [2.05, 4.69) is 13.8 Å². The van der Waals surface area contributed by atoms with E-state index in [-0.39, 0.29) is 19.0 Å². The zero-order valence-corrected chi connectivity index (χ0v) is 50.3. The van der Waals surface area contributed by atoms with Crippen LogP contribution in [0.2, 0.25) is 0 Å². The molecule has 0 amide bonds. The molecule has 0 rings (SSSR count). The number of phosphoric ester groups is 1. The van der Waals surface area contributed by atoms with Crippen molar-refractivity contribution < 1.29 is 42.1 Å². The van der Waals surface area contributed by atoms with E-state index in [4.69, 9.17) is 24.3 Å². The summed E-state index contributed by atoms with van der Waals surface area (Å²) < 4.78 is 36.8. The number of carbonyl (C=O) groups excluding carboxylic acids is 2. The van der Waals surface area contributed by atoms with Gasteiger partial charge in [0.15, 0.2) is 6.10 Å². The Morgan fingerprint density at radius 1 is 0.425 bits per heavy atom. The first kappa shape index (κ1) is 72.0. The van der Waals surface area contributed by atoms with Crippen LogP contribution < -0.4 is 5.73 Å². The second-order valence-corrected chi connectivity index (χ2v) is 24.8. The van der Waals surface area contributed by atoms with E-state index in [1.165, 1.54) is 238 Å². The van der Waals surface area contributed by atoms with Gasteiger partial charge in [0.25, 0.3) is 0 Å². The molecule has 0 bridgehead atoms. The van der Waals surface area contributed by atoms with Gasteiger partial charge < -0.3 is 24.6 Å². The predicted octanol–water partition coefficient (Wildman–Crippen LogP) is 18.8. The summed E-state index contributed by atoms with van der Waals surface area (Å²) in [5.74, 6) is -0.759. The molecule has 0 aromatic carbocycles. The van der Waals surface area contributed by atoms with Gasteiger partial charge in [-0.15, -0.1) is 0 Å². The smallest absolute Gasteiger partial charge is 0.462 e. The highest BCUT2D eigenvalue weighted by molar-refractivity contribution is 7.47. The molecule has 436 valence electrons. The van der Waals surface area contributed by atoms with Crippen molar-refractivity contribution in [2.45, 2.75) is 341 Å². The molecule has 11 heteroatoms. The maximum absolute atomic E-state index is 13.5. The van der Waals surface area contributed by atoms with Gasteiger partial charge in [-0.1, -0.05) is 290 Å². The molecule has 0 saturated carbocycles. The third kappa shape index (κ3) is 57.0. The third-order valence-corrected chi connectivity index (χ3v) is 15.7. The largest absolute Gasteiger partial charge is 0.472 e. The molecule has 3 N–H and O–H groups in total. The Hall–Kier alpha value is -1.03. The highest BCUT2D eigenvalue weighted by Crippen LogP contribution is 2.46. The summed E-state index contributed by atoms with van der Waals surface area (Å²) in [5.41, 5.74) is 5.59. The van der Waals surface area contributed by atoms with E-state index in [0.717, 1.165) is 64.3 Å². The minimum Gasteiger partial charge on any atom is -0.462 e. The zero-order valence-electron chi connectivity index (χ0n) is 49.4. The first-order chi connectivity index (χ1) is 35.4. The van der Waals surface area contributed by atoms with Crippen LogP contribution in [0.4, 0.5) is 0 Å². The molecule has 2 unspecified atom stereocenters. The average Bonchev–Trinajstić information content (AvgIpc) is 3.35. The van der Waals surface area contributed by atoms with Crippen molar-refractivity contribution in [1.29, 1.82) is 0 Å². The van der Waals surface area contributed by atoms with Crippen molar-refractivity contribution in [2.24, 2.45) is 5.73 Å². The quantitative estimate of drug-likeness (QED) is 0.0264. The third-order valence-electron chi connectivity index (χ3n) is 14.6. The van der Waals surface area contributed by atoms with Gasteiger partial charge in [0.1, 0.15) is 19.3 Å². The van der Waals surface area contributed by atoms with Gasteiger partial charge in [0, 0.05) is 12.8 Å². The zero-order chi connectivity index (χ0) is 53.6. The van der Waals surface area contributed by atoms with Gasteiger partial charge in [-0.05, 0) is 32.2 Å². The van der Waals surface area contributed by atoms with Crippen LogP contribution in [0.25, 0.3) is 0 Å². The number of ether oxygens (including phenoxy) is 2. The molecule has 73 heavy (non-hydrogen) atoms. The van der Waals surface area contributed by atoms with Gasteiger partial charge in [-0.3, -0.25) is 18.6 Å². The lowest BCUT2D eigenvalue weighted by Gasteiger charge is -2.30. The monoisotopic (exact) mass is 1060 g/mol. The molecule has 0 heterocycles. The van der Waals surface area contributed by atoms with Crippen LogP contribution in [0.5, 0.6) is 0 Å². The molecule has 0 aliphatic carbocycles. The molecule has 0 fully saturated rings. The topological polar surface area (TPSA) is 134 Å². The Kier molecular flexibility index (Phi) is 53.6. The SMILES string of the molecule is CCCCCCCCCCCCCCCCCC(=O)OC[C@H](COP(=O)(O)OC(CCCCCCCCCCCCCCCCCCN)C[N+](C)(C)C)OC(=O)CCCCCCCCCCCCCCCCC. The number of hydrogen-bond acceptors (Lipinski definition) is 8. The number of unbranched alkanes of at least 4 members (excludes halogenated alkanes) is 43. The van der Waals surface area contributed by atoms with E-state index in [0.29, 0.717) is 23.9 Å². The van der Waals surface area contributed by atoms with E-state index in [9.17, 15) is 19.0 Å². The molecule has 0 aliphatic rings. The maximum atomic E-state index is 13.5. The molecular weight excluding hydrogens is 932 g/mol. The van der Waals surface area contributed by atoms with Crippen LogP contribution >= 0.6 is 7.82 Å². The van der Waals surface area contributed by atoms with E-state index in [1.807, 2.05) is 21.1 Å². The predicted molar refractivity (Wildman–Crippen MR) is 311 cm³/mol. The number of phosphoric acid groups is 1. The van der Waals surface area contributed by atoms with Crippen LogP contribution in [0, 0.1) is 0 Å². The fourth-order valence-electron chi connectivity index (χ4n) is 10.1. The first-order valence-electron chi connectivity index (χ1n) is 31.9. The Morgan fingerprint density at radius 2 is 0.726 bits per heavy atom. The van der Waals surface area contributed by atoms with E-state index >= 15 is 0 Å². The van der Waals surface area contributed by atoms with Crippen molar-refractivity contribution in [3.05, 3.63) is 0 Å². The van der Waals surface area contributed by atoms with Crippen LogP contribution in [-0.4, -0.2) is 81.0 Å². The van der Waals surface area contributed by atoms with Crippen molar-refractivity contribution in [1.82, 2.24) is 0 Å². The Labute approximate surface area is 453 Å². The summed E-state index contributed by atoms with van der Waals surface area (Å²) in [6.45, 7) is 5.30. The Bertz CT molecular complexity index is 1220. The molecular formula is C62H126N2O8P+. The molecule has 0 aliphatic heterocycles. The normalized spacial score (nSPS) is 13.6. The minimum atomic E-state index is -4.52. The van der Waals surface area contributed by atoms with Crippen molar-refractivity contribution in [3.8, 4) is 0 Å². The van der Waals surface area contributed by atoms with Crippen LogP contribution in [0.15, 0.2) is 0 Å². The Morgan fingerprint density at radius 3 is 1.05 bits per heavy atom. The molecule has 0 radical (unpaired) electrons. The minimum absolute atomic E-state index is 0.221. The second kappa shape index (κ2) is 54.3. The fraction of sp³-hybridized carbons (Fsp3) is 0.968. The van der Waals surface area contributed by atoms with Crippen LogP contribution in [-0.2, 0) is 32.7 Å². The molecule has 10 nitrogen and oxygen atoms in total. The highest BCUT2D eigenvalue weighted by Gasteiger charge is 2.32. The number of rotatable bonds is 60. The van der Waals surface area contributed by atoms with Gasteiger partial charge in [0.2, 0.25) is 0 Å². The number of carbonyl (C=O) groups is 2. The number of quaternary nitrogens is 1. The fourth-order valence-corrected chi connectivity index (χ4v) is 11.0. The number of nitrogens with zero attached hydrogens (tertiary/aromatic N) is 1. The van der Waals surface area contributed by atoms with Gasteiger partial charge in [-0.2, -0.15) is 0 Å². The average molecular weight is 1060 g/mol. The molecule has 3 atom stereocenters. The number of esters is 2. The van der Waals surface area contributed by atoms with Gasteiger partial charge >= 0.3 is 19.8 Å². The first-order valence-corrected chi connectivity index (χ1v) is 33.4. The molecule has 0 spiro atoms. The number of likely N-dealkylation sites (N-methyl/N-ethyl adjacent to an activating group) is 1. The van der Waals surface area contributed by atoms with Crippen molar-refractivity contribution in [3.63, 3.8) is 0 Å². The molecule has 0 aromatic rings. The second-order valence-electron chi connectivity index (χ2n) is 23.4. The summed E-state index contributed by atoms with van der Waals surface area (Å²) >= 11 is 0. The summed E-state index contributed by atoms with van der Waals surface area (Å²) in [6.07, 6.45) is 57.4. The van der Waals surface area contributed by atoms with Gasteiger partial charge in [0.05, 0.1) is 27.7 Å². The highest BCUT2D eigenvalue weighted by atomic mass is 31.2. The van der Waals surface area contributed by atoms with Crippen LogP contribution in [0.3, 0.4) is 0 Å². The molecule has 0 saturated heterocycles. The van der Waals surface area contributed by atoms with Crippen molar-refractivity contribution in [2.75, 3.05) is 47.4 Å². The lowest BCUT2D eigenvalue weighted by atomic mass is 10.0. The summed E-state index contributed by atoms with van der Waals surface area (Å²) in [5, 5.41) is 0. The van der Waals surface area contributed by atoms with Crippen LogP contribution in [0.1, 0.15) is 328 Å². The summed E-state index contributed by atoms with van der Waals surface area (Å²) in [7, 11) is 1.63. The lowest BCUT2D eigenvalue weighted by Crippen LogP contribution is -2.42. The van der Waals surface area contributed by atoms with Crippen molar-refractivity contribution >= 4 is 19.8 Å². The lowest BCUT2D eigenvalue weighted by molar-refractivity contribution is -0.873.